The summed E-state index contributed by atoms with van der Waals surface area (Å²) >= 11 is 0. The van der Waals surface area contributed by atoms with Gasteiger partial charge in [-0.2, -0.15) is 5.26 Å². The molecule has 1 fully saturated rings. The number of carbonyl (C=O) groups excluding carboxylic acids is 2. The number of aromatic nitrogens is 1. The third-order valence-electron chi connectivity index (χ3n) is 7.12. The average Bonchev–Trinajstić information content (AvgIpc) is 3.51. The fraction of sp³-hybridized carbons (Fsp3) is 0.379. The molecular weight excluding hydrogens is 468 g/mol. The van der Waals surface area contributed by atoms with E-state index in [0.29, 0.717) is 29.7 Å². The zero-order valence-electron chi connectivity index (χ0n) is 21.2. The van der Waals surface area contributed by atoms with Gasteiger partial charge in [-0.3, -0.25) is 14.4 Å². The topological polar surface area (TPSA) is 124 Å². The molecule has 1 atom stereocenters. The van der Waals surface area contributed by atoms with Crippen LogP contribution in [-0.2, 0) is 16.0 Å². The number of anilines is 1. The van der Waals surface area contributed by atoms with Crippen LogP contribution in [0.4, 0.5) is 5.69 Å². The van der Waals surface area contributed by atoms with Gasteiger partial charge < -0.3 is 20.3 Å². The van der Waals surface area contributed by atoms with Crippen LogP contribution in [0.1, 0.15) is 78.5 Å². The van der Waals surface area contributed by atoms with Crippen molar-refractivity contribution >= 4 is 34.4 Å². The number of carbonyl (C=O) groups is 3. The second kappa shape index (κ2) is 11.3. The van der Waals surface area contributed by atoms with Crippen molar-refractivity contribution in [3.8, 4) is 6.07 Å². The third-order valence-corrected chi connectivity index (χ3v) is 7.12. The summed E-state index contributed by atoms with van der Waals surface area (Å²) in [6, 6.07) is 12.3. The molecule has 1 aliphatic rings. The Balaban J connectivity index is 1.57. The smallest absolute Gasteiger partial charge is 0.303 e. The van der Waals surface area contributed by atoms with Gasteiger partial charge in [0, 0.05) is 40.8 Å². The van der Waals surface area contributed by atoms with Crippen molar-refractivity contribution in [2.75, 3.05) is 5.32 Å². The molecule has 1 aliphatic carbocycles. The van der Waals surface area contributed by atoms with E-state index in [2.05, 4.69) is 16.7 Å². The summed E-state index contributed by atoms with van der Waals surface area (Å²) in [5.74, 6) is -1.25. The van der Waals surface area contributed by atoms with E-state index < -0.39 is 12.0 Å². The molecule has 0 spiro atoms. The normalized spacial score (nSPS) is 14.3. The van der Waals surface area contributed by atoms with Crippen LogP contribution in [-0.4, -0.2) is 33.5 Å². The number of carboxylic acid groups (broad SMARTS) is 1. The van der Waals surface area contributed by atoms with Gasteiger partial charge in [0.05, 0.1) is 11.6 Å². The summed E-state index contributed by atoms with van der Waals surface area (Å²) < 4.78 is 1.87. The van der Waals surface area contributed by atoms with Crippen LogP contribution in [0.5, 0.6) is 0 Å². The molecule has 4 rings (SSSR count). The number of nitriles is 1. The number of benzene rings is 2. The zero-order valence-corrected chi connectivity index (χ0v) is 21.2. The molecule has 0 aliphatic heterocycles. The molecule has 1 heterocycles. The Morgan fingerprint density at radius 2 is 1.92 bits per heavy atom. The minimum Gasteiger partial charge on any atom is -0.481 e. The Bertz CT molecular complexity index is 1380. The van der Waals surface area contributed by atoms with E-state index in [-0.39, 0.29) is 24.3 Å². The first-order valence-corrected chi connectivity index (χ1v) is 12.7. The third kappa shape index (κ3) is 6.00. The van der Waals surface area contributed by atoms with Crippen molar-refractivity contribution in [1.29, 1.82) is 5.26 Å². The highest BCUT2D eigenvalue weighted by molar-refractivity contribution is 6.00. The first-order valence-electron chi connectivity index (χ1n) is 12.7. The number of rotatable bonds is 9. The summed E-state index contributed by atoms with van der Waals surface area (Å²) in [7, 11) is 0. The summed E-state index contributed by atoms with van der Waals surface area (Å²) in [6.45, 7) is 3.76. The van der Waals surface area contributed by atoms with Gasteiger partial charge in [-0.05, 0) is 74.9 Å². The Hall–Kier alpha value is -4.12. The lowest BCUT2D eigenvalue weighted by Crippen LogP contribution is -2.32. The van der Waals surface area contributed by atoms with Crippen LogP contribution in [0.3, 0.4) is 0 Å². The average molecular weight is 501 g/mol. The van der Waals surface area contributed by atoms with Crippen LogP contribution in [0.15, 0.2) is 42.6 Å². The van der Waals surface area contributed by atoms with Crippen LogP contribution < -0.4 is 10.6 Å². The van der Waals surface area contributed by atoms with Crippen LogP contribution in [0.25, 0.3) is 10.9 Å². The van der Waals surface area contributed by atoms with E-state index in [9.17, 15) is 19.6 Å². The first kappa shape index (κ1) is 26.0. The summed E-state index contributed by atoms with van der Waals surface area (Å²) in [5, 5.41) is 25.3. The minimum atomic E-state index is -0.876. The van der Waals surface area contributed by atoms with Crippen molar-refractivity contribution in [3.05, 3.63) is 64.8 Å². The Morgan fingerprint density at radius 1 is 1.16 bits per heavy atom. The number of fused-ring (bicyclic) bond motifs is 1. The first-order chi connectivity index (χ1) is 17.8. The van der Waals surface area contributed by atoms with Gasteiger partial charge in [0.25, 0.3) is 5.91 Å². The van der Waals surface area contributed by atoms with E-state index >= 15 is 0 Å². The van der Waals surface area contributed by atoms with Gasteiger partial charge in [0.2, 0.25) is 5.91 Å². The fourth-order valence-corrected chi connectivity index (χ4v) is 5.00. The molecule has 0 radical (unpaired) electrons. The van der Waals surface area contributed by atoms with Gasteiger partial charge in [-0.25, -0.2) is 0 Å². The lowest BCUT2D eigenvalue weighted by molar-refractivity contribution is -0.137. The van der Waals surface area contributed by atoms with E-state index in [1.54, 1.807) is 25.1 Å². The molecule has 3 N–H and O–H groups in total. The molecule has 3 aromatic rings. The van der Waals surface area contributed by atoms with Gasteiger partial charge in [0.1, 0.15) is 6.04 Å². The molecule has 37 heavy (non-hydrogen) atoms. The fourth-order valence-electron chi connectivity index (χ4n) is 5.00. The molecule has 0 saturated heterocycles. The highest BCUT2D eigenvalue weighted by Crippen LogP contribution is 2.28. The summed E-state index contributed by atoms with van der Waals surface area (Å²) in [5.41, 5.74) is 4.05. The van der Waals surface area contributed by atoms with Gasteiger partial charge in [-0.15, -0.1) is 0 Å². The van der Waals surface area contributed by atoms with Gasteiger partial charge in [0.15, 0.2) is 0 Å². The van der Waals surface area contributed by atoms with Crippen LogP contribution in [0.2, 0.25) is 0 Å². The number of amides is 2. The van der Waals surface area contributed by atoms with E-state index in [1.165, 1.54) is 0 Å². The highest BCUT2D eigenvalue weighted by atomic mass is 16.4. The van der Waals surface area contributed by atoms with E-state index in [4.69, 9.17) is 5.11 Å². The van der Waals surface area contributed by atoms with Crippen molar-refractivity contribution in [2.24, 2.45) is 0 Å². The SMILES string of the molecule is Cc1cn(C(C)C(=O)Nc2cc(C#N)ccc2CCCC(=O)O)c2cc(C(=O)NC3CCCC3)ccc12. The maximum absolute atomic E-state index is 13.4. The van der Waals surface area contributed by atoms with Crippen molar-refractivity contribution in [3.63, 3.8) is 0 Å². The maximum Gasteiger partial charge on any atom is 0.303 e. The molecule has 0 bridgehead atoms. The number of hydrogen-bond donors (Lipinski definition) is 3. The lowest BCUT2D eigenvalue weighted by Gasteiger charge is -2.18. The lowest BCUT2D eigenvalue weighted by atomic mass is 10.0. The quantitative estimate of drug-likeness (QED) is 0.377. The number of aryl methyl sites for hydroxylation is 2. The molecule has 1 saturated carbocycles. The number of nitrogens with one attached hydrogen (secondary N) is 2. The van der Waals surface area contributed by atoms with E-state index in [1.807, 2.05) is 35.9 Å². The standard InChI is InChI=1S/C29H32N4O4/c1-18-17-33(26-15-22(12-13-24(18)26)29(37)31-23-7-3-4-8-23)19(2)28(36)32-25-14-20(16-30)10-11-21(25)6-5-9-27(34)35/h10-15,17,19,23H,3-9H2,1-2H3,(H,31,37)(H,32,36)(H,34,35). The molecule has 8 nitrogen and oxygen atoms in total. The molecule has 1 aromatic heterocycles. The van der Waals surface area contributed by atoms with Gasteiger partial charge in [-0.1, -0.05) is 25.0 Å². The zero-order chi connectivity index (χ0) is 26.5. The highest BCUT2D eigenvalue weighted by Gasteiger charge is 2.22. The predicted molar refractivity (Wildman–Crippen MR) is 141 cm³/mol. The summed E-state index contributed by atoms with van der Waals surface area (Å²) in [6.07, 6.45) is 7.11. The van der Waals surface area contributed by atoms with Crippen molar-refractivity contribution in [2.45, 2.75) is 70.9 Å². The number of nitrogens with zero attached hydrogens (tertiary/aromatic N) is 2. The Labute approximate surface area is 216 Å². The molecular formula is C29H32N4O4. The molecule has 8 heteroatoms. The van der Waals surface area contributed by atoms with Crippen LogP contribution in [0, 0.1) is 18.3 Å². The summed E-state index contributed by atoms with van der Waals surface area (Å²) in [4.78, 5) is 37.2. The molecule has 1 unspecified atom stereocenters. The number of aliphatic carboxylic acids is 1. The van der Waals surface area contributed by atoms with Crippen LogP contribution >= 0.6 is 0 Å². The maximum atomic E-state index is 13.4. The van der Waals surface area contributed by atoms with Gasteiger partial charge >= 0.3 is 5.97 Å². The number of hydrogen-bond acceptors (Lipinski definition) is 4. The number of carboxylic acids is 1. The van der Waals surface area contributed by atoms with E-state index in [0.717, 1.165) is 47.7 Å². The molecule has 2 aromatic carbocycles. The minimum absolute atomic E-state index is 0.0229. The predicted octanol–water partition coefficient (Wildman–Crippen LogP) is 5.10. The Morgan fingerprint density at radius 3 is 2.62 bits per heavy atom. The second-order valence-corrected chi connectivity index (χ2v) is 9.80. The Kier molecular flexibility index (Phi) is 7.92. The van der Waals surface area contributed by atoms with Crippen molar-refractivity contribution in [1.82, 2.24) is 9.88 Å². The molecule has 192 valence electrons. The second-order valence-electron chi connectivity index (χ2n) is 9.80. The molecule has 2 amide bonds. The van der Waals surface area contributed by atoms with Crippen molar-refractivity contribution < 1.29 is 19.5 Å². The largest absolute Gasteiger partial charge is 0.481 e. The monoisotopic (exact) mass is 500 g/mol.